The predicted molar refractivity (Wildman–Crippen MR) is 79.8 cm³/mol. The second kappa shape index (κ2) is 5.49. The summed E-state index contributed by atoms with van der Waals surface area (Å²) in [5, 5.41) is 3.43. The summed E-state index contributed by atoms with van der Waals surface area (Å²) >= 11 is 0. The highest BCUT2D eigenvalue weighted by atomic mass is 16.5. The average Bonchev–Trinajstić information content (AvgIpc) is 2.95. The molecule has 1 aromatic heterocycles. The van der Waals surface area contributed by atoms with Gasteiger partial charge in [0.1, 0.15) is 5.82 Å². The van der Waals surface area contributed by atoms with Crippen LogP contribution >= 0.6 is 0 Å². The second-order valence-corrected chi connectivity index (χ2v) is 6.93. The van der Waals surface area contributed by atoms with Crippen LogP contribution in [0, 0.1) is 5.92 Å². The molecule has 0 amide bonds. The molecule has 2 aliphatic heterocycles. The van der Waals surface area contributed by atoms with Crippen molar-refractivity contribution in [2.75, 3.05) is 13.2 Å². The van der Waals surface area contributed by atoms with Crippen LogP contribution < -0.4 is 5.32 Å². The van der Waals surface area contributed by atoms with Gasteiger partial charge in [0, 0.05) is 38.2 Å². The van der Waals surface area contributed by atoms with Gasteiger partial charge in [-0.2, -0.15) is 0 Å². The van der Waals surface area contributed by atoms with E-state index < -0.39 is 0 Å². The minimum atomic E-state index is 0.00503. The summed E-state index contributed by atoms with van der Waals surface area (Å²) in [4.78, 5) is 4.91. The zero-order valence-electron chi connectivity index (χ0n) is 13.0. The molecule has 3 rings (SSSR count). The van der Waals surface area contributed by atoms with Crippen LogP contribution in [0.5, 0.6) is 0 Å². The molecule has 4 heteroatoms. The predicted octanol–water partition coefficient (Wildman–Crippen LogP) is 2.30. The van der Waals surface area contributed by atoms with Gasteiger partial charge in [0.2, 0.25) is 0 Å². The highest BCUT2D eigenvalue weighted by Crippen LogP contribution is 2.29. The molecular weight excluding hydrogens is 250 g/mol. The van der Waals surface area contributed by atoms with Gasteiger partial charge in [0.25, 0.3) is 0 Å². The first-order valence-electron chi connectivity index (χ1n) is 7.99. The fourth-order valence-corrected chi connectivity index (χ4v) is 3.43. The monoisotopic (exact) mass is 277 g/mol. The number of imidazole rings is 1. The van der Waals surface area contributed by atoms with E-state index in [0.717, 1.165) is 39.1 Å². The van der Waals surface area contributed by atoms with Gasteiger partial charge in [-0.05, 0) is 25.7 Å². The molecule has 0 bridgehead atoms. The fourth-order valence-electron chi connectivity index (χ4n) is 3.43. The second-order valence-electron chi connectivity index (χ2n) is 6.93. The van der Waals surface area contributed by atoms with Gasteiger partial charge in [-0.3, -0.25) is 0 Å². The molecule has 0 aliphatic carbocycles. The molecule has 1 atom stereocenters. The molecule has 0 radical (unpaired) electrons. The Kier molecular flexibility index (Phi) is 3.87. The number of aromatic nitrogens is 2. The lowest BCUT2D eigenvalue weighted by Crippen LogP contribution is -2.33. The maximum Gasteiger partial charge on any atom is 0.109 e. The lowest BCUT2D eigenvalue weighted by molar-refractivity contribution is 0.00493. The lowest BCUT2D eigenvalue weighted by atomic mass is 10.0. The Bertz CT molecular complexity index is 472. The molecular formula is C16H27N3O. The summed E-state index contributed by atoms with van der Waals surface area (Å²) in [6.07, 6.45) is 4.51. The molecule has 4 nitrogen and oxygen atoms in total. The topological polar surface area (TPSA) is 39.1 Å². The molecule has 1 N–H and O–H groups in total. The number of nitrogens with zero attached hydrogens (tertiary/aromatic N) is 2. The van der Waals surface area contributed by atoms with Crippen molar-refractivity contribution >= 4 is 0 Å². The number of ether oxygens (including phenoxy) is 1. The normalized spacial score (nSPS) is 26.2. The van der Waals surface area contributed by atoms with E-state index in [-0.39, 0.29) is 5.60 Å². The summed E-state index contributed by atoms with van der Waals surface area (Å²) in [5.74, 6) is 1.90. The molecule has 1 fully saturated rings. The molecule has 0 aromatic carbocycles. The smallest absolute Gasteiger partial charge is 0.109 e. The van der Waals surface area contributed by atoms with Gasteiger partial charge < -0.3 is 14.6 Å². The van der Waals surface area contributed by atoms with E-state index in [1.165, 1.54) is 30.1 Å². The number of hydrogen-bond donors (Lipinski definition) is 1. The zero-order valence-corrected chi connectivity index (χ0v) is 13.0. The molecule has 2 aliphatic rings. The van der Waals surface area contributed by atoms with E-state index in [1.54, 1.807) is 0 Å². The van der Waals surface area contributed by atoms with Crippen LogP contribution in [0.2, 0.25) is 0 Å². The van der Waals surface area contributed by atoms with E-state index in [4.69, 9.17) is 9.72 Å². The molecule has 1 saturated heterocycles. The lowest BCUT2D eigenvalue weighted by Gasteiger charge is -2.27. The third-order valence-corrected chi connectivity index (χ3v) is 4.45. The minimum Gasteiger partial charge on any atom is -0.373 e. The van der Waals surface area contributed by atoms with Gasteiger partial charge in [-0.25, -0.2) is 4.98 Å². The van der Waals surface area contributed by atoms with Gasteiger partial charge in [0.05, 0.1) is 17.8 Å². The molecule has 20 heavy (non-hydrogen) atoms. The van der Waals surface area contributed by atoms with Crippen LogP contribution in [-0.2, 0) is 30.7 Å². The van der Waals surface area contributed by atoms with Crippen molar-refractivity contribution in [3.63, 3.8) is 0 Å². The first-order valence-corrected chi connectivity index (χ1v) is 7.99. The summed E-state index contributed by atoms with van der Waals surface area (Å²) in [6, 6.07) is 0. The SMILES string of the molecule is CC(C)Cc1nc2c(n1CC1(C)CCCO1)CCNC2. The third kappa shape index (κ3) is 2.77. The van der Waals surface area contributed by atoms with Crippen LogP contribution in [0.15, 0.2) is 0 Å². The Balaban J connectivity index is 1.91. The Morgan fingerprint density at radius 2 is 2.30 bits per heavy atom. The van der Waals surface area contributed by atoms with Crippen molar-refractivity contribution in [3.8, 4) is 0 Å². The largest absolute Gasteiger partial charge is 0.373 e. The van der Waals surface area contributed by atoms with Crippen LogP contribution in [0.3, 0.4) is 0 Å². The Labute approximate surface area is 121 Å². The van der Waals surface area contributed by atoms with E-state index in [0.29, 0.717) is 5.92 Å². The molecule has 1 aromatic rings. The summed E-state index contributed by atoms with van der Waals surface area (Å²) < 4.78 is 8.47. The average molecular weight is 277 g/mol. The first-order chi connectivity index (χ1) is 9.57. The maximum absolute atomic E-state index is 6.00. The maximum atomic E-state index is 6.00. The van der Waals surface area contributed by atoms with E-state index in [1.807, 2.05) is 0 Å². The van der Waals surface area contributed by atoms with Crippen molar-refractivity contribution in [2.24, 2.45) is 5.92 Å². The Morgan fingerprint density at radius 1 is 1.45 bits per heavy atom. The fraction of sp³-hybridized carbons (Fsp3) is 0.812. The summed E-state index contributed by atoms with van der Waals surface area (Å²) in [6.45, 7) is 10.7. The Morgan fingerprint density at radius 3 is 3.00 bits per heavy atom. The van der Waals surface area contributed by atoms with E-state index in [2.05, 4.69) is 30.7 Å². The first kappa shape index (κ1) is 14.1. The summed E-state index contributed by atoms with van der Waals surface area (Å²) in [5.41, 5.74) is 2.70. The van der Waals surface area contributed by atoms with Gasteiger partial charge in [-0.15, -0.1) is 0 Å². The quantitative estimate of drug-likeness (QED) is 0.918. The standard InChI is InChI=1S/C16H27N3O/c1-12(2)9-15-18-13-10-17-7-5-14(13)19(15)11-16(3)6-4-8-20-16/h12,17H,4-11H2,1-3H3. The Hall–Kier alpha value is -0.870. The van der Waals surface area contributed by atoms with Crippen LogP contribution in [-0.4, -0.2) is 28.3 Å². The van der Waals surface area contributed by atoms with Crippen LogP contribution in [0.4, 0.5) is 0 Å². The van der Waals surface area contributed by atoms with Crippen molar-refractivity contribution in [1.82, 2.24) is 14.9 Å². The van der Waals surface area contributed by atoms with Gasteiger partial charge in [0.15, 0.2) is 0 Å². The van der Waals surface area contributed by atoms with Crippen LogP contribution in [0.25, 0.3) is 0 Å². The molecule has 0 saturated carbocycles. The molecule has 112 valence electrons. The minimum absolute atomic E-state index is 0.00503. The van der Waals surface area contributed by atoms with Crippen molar-refractivity contribution < 1.29 is 4.74 Å². The van der Waals surface area contributed by atoms with Gasteiger partial charge in [-0.1, -0.05) is 13.8 Å². The van der Waals surface area contributed by atoms with Crippen molar-refractivity contribution in [1.29, 1.82) is 0 Å². The summed E-state index contributed by atoms with van der Waals surface area (Å²) in [7, 11) is 0. The van der Waals surface area contributed by atoms with Crippen LogP contribution in [0.1, 0.15) is 50.8 Å². The highest BCUT2D eigenvalue weighted by Gasteiger charge is 2.32. The van der Waals surface area contributed by atoms with E-state index in [9.17, 15) is 0 Å². The highest BCUT2D eigenvalue weighted by molar-refractivity contribution is 5.21. The third-order valence-electron chi connectivity index (χ3n) is 4.45. The number of rotatable bonds is 4. The van der Waals surface area contributed by atoms with E-state index >= 15 is 0 Å². The van der Waals surface area contributed by atoms with Crippen molar-refractivity contribution in [3.05, 3.63) is 17.2 Å². The number of hydrogen-bond acceptors (Lipinski definition) is 3. The number of nitrogens with one attached hydrogen (secondary N) is 1. The zero-order chi connectivity index (χ0) is 14.2. The van der Waals surface area contributed by atoms with Gasteiger partial charge >= 0.3 is 0 Å². The van der Waals surface area contributed by atoms with Crippen molar-refractivity contribution in [2.45, 2.75) is 65.1 Å². The number of fused-ring (bicyclic) bond motifs is 1. The molecule has 3 heterocycles. The molecule has 1 unspecified atom stereocenters. The molecule has 0 spiro atoms.